The van der Waals surface area contributed by atoms with Gasteiger partial charge < -0.3 is 48.7 Å². The van der Waals surface area contributed by atoms with E-state index in [1.165, 1.54) is 13.8 Å². The second kappa shape index (κ2) is 19.0. The van der Waals surface area contributed by atoms with Crippen LogP contribution in [-0.4, -0.2) is 113 Å². The summed E-state index contributed by atoms with van der Waals surface area (Å²) < 4.78 is 41.0. The number of hydrogen-bond acceptors (Lipinski definition) is 15. The minimum absolute atomic E-state index is 0.0370. The highest BCUT2D eigenvalue weighted by atomic mass is 32.1. The molecule has 0 bridgehead atoms. The van der Waals surface area contributed by atoms with Crippen LogP contribution >= 0.6 is 12.2 Å². The summed E-state index contributed by atoms with van der Waals surface area (Å²) in [6, 6.07) is 15.0. The lowest BCUT2D eigenvalue weighted by atomic mass is 9.92. The van der Waals surface area contributed by atoms with E-state index < -0.39 is 60.7 Å². The molecule has 15 nitrogen and oxygen atoms in total. The predicted molar refractivity (Wildman–Crippen MR) is 195 cm³/mol. The number of anilines is 1. The van der Waals surface area contributed by atoms with Crippen LogP contribution in [0.25, 0.3) is 0 Å². The second-order valence-corrected chi connectivity index (χ2v) is 14.2. The van der Waals surface area contributed by atoms with Crippen LogP contribution in [0.3, 0.4) is 0 Å². The number of thiocarbonyl (C=S) groups is 1. The number of esters is 4. The fourth-order valence-corrected chi connectivity index (χ4v) is 7.22. The number of ether oxygens (including phenoxy) is 7. The zero-order valence-corrected chi connectivity index (χ0v) is 31.5. The van der Waals surface area contributed by atoms with Gasteiger partial charge in [0.05, 0.1) is 29.9 Å². The third-order valence-electron chi connectivity index (χ3n) is 9.24. The molecule has 0 saturated carbocycles. The molecular weight excluding hydrogens is 724 g/mol. The lowest BCUT2D eigenvalue weighted by Crippen LogP contribution is -2.62. The molecule has 9 atom stereocenters. The number of aliphatic hydroxyl groups is 2. The van der Waals surface area contributed by atoms with Crippen LogP contribution in [0.5, 0.6) is 0 Å². The third-order valence-corrected chi connectivity index (χ3v) is 9.51. The molecule has 1 unspecified atom stereocenters. The van der Waals surface area contributed by atoms with Crippen molar-refractivity contribution in [1.29, 1.82) is 0 Å². The van der Waals surface area contributed by atoms with Gasteiger partial charge in [-0.15, -0.1) is 0 Å². The molecule has 3 N–H and O–H groups in total. The summed E-state index contributed by atoms with van der Waals surface area (Å²) in [6.07, 6.45) is -6.23. The van der Waals surface area contributed by atoms with Crippen molar-refractivity contribution in [3.05, 3.63) is 65.2 Å². The Morgan fingerprint density at radius 2 is 1.52 bits per heavy atom. The SMILES string of the molecule is CC(=O)OC[C@H]1O[C@@H](CC(=S)Nc2cccc(C3O[C@H](CN4CC[C@@H](O)C4)C[C@H](c4ccc(CO)cc4)O3)c2)[C@H](OC(C)=O)[C@@H](OC(C)=O)[C@@H]1OC(C)=O. The van der Waals surface area contributed by atoms with Gasteiger partial charge in [-0.2, -0.15) is 0 Å². The molecule has 2 aromatic rings. The quantitative estimate of drug-likeness (QED) is 0.153. The van der Waals surface area contributed by atoms with E-state index in [9.17, 15) is 29.4 Å². The number of rotatable bonds is 13. The van der Waals surface area contributed by atoms with Crippen molar-refractivity contribution in [2.45, 2.75) is 109 Å². The molecule has 0 aromatic heterocycles. The van der Waals surface area contributed by atoms with E-state index in [0.29, 0.717) is 31.6 Å². The summed E-state index contributed by atoms with van der Waals surface area (Å²) >= 11 is 5.75. The van der Waals surface area contributed by atoms with Crippen LogP contribution in [0, 0.1) is 0 Å². The lowest BCUT2D eigenvalue weighted by Gasteiger charge is -2.44. The minimum Gasteiger partial charge on any atom is -0.463 e. The Hall–Kier alpha value is -4.03. The van der Waals surface area contributed by atoms with E-state index >= 15 is 0 Å². The van der Waals surface area contributed by atoms with E-state index in [-0.39, 0.29) is 42.9 Å². The number of β-amino-alcohol motifs (C(OH)–C–C–N with tert-alkyl or cyclic N) is 1. The first-order valence-electron chi connectivity index (χ1n) is 17.9. The maximum atomic E-state index is 12.3. The first-order chi connectivity index (χ1) is 25.8. The molecule has 3 aliphatic heterocycles. The van der Waals surface area contributed by atoms with Crippen LogP contribution in [0.1, 0.15) is 76.0 Å². The van der Waals surface area contributed by atoms with Crippen LogP contribution < -0.4 is 5.32 Å². The van der Waals surface area contributed by atoms with Gasteiger partial charge in [0, 0.05) is 71.4 Å². The largest absolute Gasteiger partial charge is 0.463 e. The van der Waals surface area contributed by atoms with E-state index in [2.05, 4.69) is 10.2 Å². The molecule has 2 aromatic carbocycles. The van der Waals surface area contributed by atoms with Crippen molar-refractivity contribution < 1.29 is 62.5 Å². The van der Waals surface area contributed by atoms with Gasteiger partial charge in [0.2, 0.25) is 0 Å². The van der Waals surface area contributed by atoms with Gasteiger partial charge in [-0.05, 0) is 29.7 Å². The molecule has 0 aliphatic carbocycles. The Balaban J connectivity index is 1.34. The average molecular weight is 773 g/mol. The van der Waals surface area contributed by atoms with E-state index in [1.54, 1.807) is 6.07 Å². The van der Waals surface area contributed by atoms with Gasteiger partial charge in [-0.1, -0.05) is 48.6 Å². The maximum absolute atomic E-state index is 12.3. The maximum Gasteiger partial charge on any atom is 0.303 e. The number of carbonyl (C=O) groups excluding carboxylic acids is 4. The number of nitrogens with one attached hydrogen (secondary N) is 1. The van der Waals surface area contributed by atoms with Crippen molar-refractivity contribution >= 4 is 46.8 Å². The first kappa shape index (κ1) is 41.1. The summed E-state index contributed by atoms with van der Waals surface area (Å²) in [7, 11) is 0. The van der Waals surface area contributed by atoms with Crippen LogP contribution in [0.15, 0.2) is 48.5 Å². The number of hydrogen-bond donors (Lipinski definition) is 3. The van der Waals surface area contributed by atoms with Crippen molar-refractivity contribution in [3.8, 4) is 0 Å². The zero-order chi connectivity index (χ0) is 38.9. The standard InChI is InChI=1S/C38H48N2O13S/c1-21(42)47-20-33-36(49-23(3)44)37(50-24(4)45)35(48-22(2)43)32(52-33)16-34(54)39-28-7-5-6-27(14-28)38-51-30(18-40-13-12-29(46)17-40)15-31(53-38)26-10-8-25(19-41)9-11-26/h5-11,14,29-33,35-38,41,46H,12-13,15-20H2,1-4H3,(H,39,54)/t29-,30+,31-,32+,33-,35+,36-,37-,38?/m1/s1. The number of likely N-dealkylation sites (tertiary alicyclic amines) is 1. The topological polar surface area (TPSA) is 189 Å². The Kier molecular flexibility index (Phi) is 14.5. The Morgan fingerprint density at radius 3 is 2.13 bits per heavy atom. The lowest BCUT2D eigenvalue weighted by molar-refractivity contribution is -0.252. The van der Waals surface area contributed by atoms with Gasteiger partial charge in [-0.3, -0.25) is 24.1 Å². The first-order valence-corrected chi connectivity index (χ1v) is 18.3. The molecule has 0 radical (unpaired) electrons. The molecule has 0 spiro atoms. The highest BCUT2D eigenvalue weighted by Gasteiger charge is 2.52. The van der Waals surface area contributed by atoms with Gasteiger partial charge in [0.25, 0.3) is 0 Å². The number of benzene rings is 2. The van der Waals surface area contributed by atoms with Crippen molar-refractivity contribution in [2.75, 3.05) is 31.6 Å². The third kappa shape index (κ3) is 11.5. The fourth-order valence-electron chi connectivity index (χ4n) is 6.94. The van der Waals surface area contributed by atoms with E-state index in [0.717, 1.165) is 37.1 Å². The van der Waals surface area contributed by atoms with Gasteiger partial charge >= 0.3 is 23.9 Å². The summed E-state index contributed by atoms with van der Waals surface area (Å²) in [5.74, 6) is -2.76. The van der Waals surface area contributed by atoms with Crippen LogP contribution in [0.4, 0.5) is 5.69 Å². The van der Waals surface area contributed by atoms with Crippen LogP contribution in [-0.2, 0) is 58.9 Å². The number of nitrogens with zero attached hydrogens (tertiary/aromatic N) is 1. The Morgan fingerprint density at radius 1 is 0.852 bits per heavy atom. The van der Waals surface area contributed by atoms with Gasteiger partial charge in [0.15, 0.2) is 24.6 Å². The molecule has 0 amide bonds. The molecule has 3 aliphatic rings. The highest BCUT2D eigenvalue weighted by Crippen LogP contribution is 2.39. The molecule has 294 valence electrons. The summed E-state index contributed by atoms with van der Waals surface area (Å²) in [5, 5.41) is 22.9. The summed E-state index contributed by atoms with van der Waals surface area (Å²) in [5.41, 5.74) is 3.07. The number of carbonyl (C=O) groups is 4. The Labute approximate surface area is 319 Å². The predicted octanol–water partition coefficient (Wildman–Crippen LogP) is 3.05. The van der Waals surface area contributed by atoms with Crippen molar-refractivity contribution in [2.24, 2.45) is 0 Å². The highest BCUT2D eigenvalue weighted by molar-refractivity contribution is 7.80. The Bertz CT molecular complexity index is 1640. The molecule has 5 rings (SSSR count). The summed E-state index contributed by atoms with van der Waals surface area (Å²) in [4.78, 5) is 50.7. The van der Waals surface area contributed by atoms with E-state index in [1.807, 2.05) is 42.5 Å². The second-order valence-electron chi connectivity index (χ2n) is 13.7. The van der Waals surface area contributed by atoms with Crippen molar-refractivity contribution in [1.82, 2.24) is 4.90 Å². The molecule has 16 heteroatoms. The normalized spacial score (nSPS) is 28.4. The van der Waals surface area contributed by atoms with Gasteiger partial charge in [-0.25, -0.2) is 0 Å². The monoisotopic (exact) mass is 772 g/mol. The fraction of sp³-hybridized carbons (Fsp3) is 0.553. The molecule has 3 heterocycles. The smallest absolute Gasteiger partial charge is 0.303 e. The average Bonchev–Trinajstić information content (AvgIpc) is 3.53. The molecule has 54 heavy (non-hydrogen) atoms. The van der Waals surface area contributed by atoms with Crippen LogP contribution in [0.2, 0.25) is 0 Å². The molecular formula is C38H48N2O13S. The number of aliphatic hydroxyl groups excluding tert-OH is 2. The van der Waals surface area contributed by atoms with Gasteiger partial charge in [0.1, 0.15) is 18.8 Å². The van der Waals surface area contributed by atoms with E-state index in [4.69, 9.17) is 45.4 Å². The zero-order valence-electron chi connectivity index (χ0n) is 30.7. The minimum atomic E-state index is -1.30. The van der Waals surface area contributed by atoms with Crippen molar-refractivity contribution in [3.63, 3.8) is 0 Å². The molecule has 3 fully saturated rings. The molecule has 3 saturated heterocycles. The summed E-state index contributed by atoms with van der Waals surface area (Å²) in [6.45, 7) is 6.28.